The number of carbonyl (C=O) groups is 1. The molecule has 2 fully saturated rings. The summed E-state index contributed by atoms with van der Waals surface area (Å²) in [4.78, 5) is 16.3. The van der Waals surface area contributed by atoms with Gasteiger partial charge in [0.1, 0.15) is 24.6 Å². The van der Waals surface area contributed by atoms with Crippen molar-refractivity contribution in [2.24, 2.45) is 0 Å². The van der Waals surface area contributed by atoms with Gasteiger partial charge in [0, 0.05) is 38.9 Å². The molecule has 0 radical (unpaired) electrons. The molecule has 0 unspecified atom stereocenters. The van der Waals surface area contributed by atoms with Gasteiger partial charge in [-0.25, -0.2) is 8.78 Å². The van der Waals surface area contributed by atoms with Gasteiger partial charge in [-0.05, 0) is 25.0 Å². The van der Waals surface area contributed by atoms with Crippen LogP contribution in [0.4, 0.5) is 8.78 Å². The monoisotopic (exact) mass is 412 g/mol. The zero-order chi connectivity index (χ0) is 20.9. The van der Waals surface area contributed by atoms with Crippen LogP contribution < -0.4 is 4.74 Å². The van der Waals surface area contributed by atoms with E-state index in [9.17, 15) is 18.7 Å². The fraction of sp³-hybridized carbons (Fsp3) is 0.667. The van der Waals surface area contributed by atoms with Crippen molar-refractivity contribution in [3.63, 3.8) is 0 Å². The maximum atomic E-state index is 13.5. The standard InChI is InChI=1S/C21H30F2N2O4/c1-28-12-20(26)25-10-9-24(16-5-3-2-4-6-16)13-21(27,14-25)15-29-17-7-8-18(22)19(23)11-17/h7-8,11,16,27H,2-6,9-10,12-15H2,1H3/t21-/m1/s1. The van der Waals surface area contributed by atoms with Crippen LogP contribution >= 0.6 is 0 Å². The van der Waals surface area contributed by atoms with Gasteiger partial charge >= 0.3 is 0 Å². The second-order valence-electron chi connectivity index (χ2n) is 8.10. The summed E-state index contributed by atoms with van der Waals surface area (Å²) in [6.45, 7) is 1.46. The van der Waals surface area contributed by atoms with E-state index in [-0.39, 0.29) is 31.4 Å². The number of hydrogen-bond acceptors (Lipinski definition) is 5. The highest BCUT2D eigenvalue weighted by molar-refractivity contribution is 5.77. The third-order valence-electron chi connectivity index (χ3n) is 5.75. The molecule has 1 saturated heterocycles. The molecule has 29 heavy (non-hydrogen) atoms. The number of methoxy groups -OCH3 is 1. The fourth-order valence-electron chi connectivity index (χ4n) is 4.25. The van der Waals surface area contributed by atoms with E-state index in [2.05, 4.69) is 4.90 Å². The summed E-state index contributed by atoms with van der Waals surface area (Å²) in [5.74, 6) is -2.01. The van der Waals surface area contributed by atoms with Gasteiger partial charge in [0.05, 0.1) is 6.54 Å². The molecular formula is C21H30F2N2O4. The van der Waals surface area contributed by atoms with Gasteiger partial charge < -0.3 is 19.5 Å². The van der Waals surface area contributed by atoms with Gasteiger partial charge in [0.2, 0.25) is 5.91 Å². The molecule has 1 saturated carbocycles. The number of nitrogens with zero attached hydrogens (tertiary/aromatic N) is 2. The molecular weight excluding hydrogens is 382 g/mol. The molecule has 1 atom stereocenters. The van der Waals surface area contributed by atoms with Crippen molar-refractivity contribution < 1.29 is 28.2 Å². The van der Waals surface area contributed by atoms with Crippen LogP contribution in [0.25, 0.3) is 0 Å². The zero-order valence-electron chi connectivity index (χ0n) is 16.9. The van der Waals surface area contributed by atoms with Crippen LogP contribution in [-0.4, -0.2) is 79.0 Å². The Hall–Kier alpha value is -1.77. The van der Waals surface area contributed by atoms with Crippen molar-refractivity contribution in [1.82, 2.24) is 9.80 Å². The van der Waals surface area contributed by atoms with Crippen LogP contribution in [-0.2, 0) is 9.53 Å². The number of halogens is 2. The first-order valence-electron chi connectivity index (χ1n) is 10.2. The van der Waals surface area contributed by atoms with E-state index >= 15 is 0 Å². The van der Waals surface area contributed by atoms with Gasteiger partial charge in [0.25, 0.3) is 0 Å². The molecule has 1 heterocycles. The second-order valence-corrected chi connectivity index (χ2v) is 8.10. The zero-order valence-corrected chi connectivity index (χ0v) is 16.9. The Bertz CT molecular complexity index is 699. The number of aliphatic hydroxyl groups is 1. The van der Waals surface area contributed by atoms with E-state index in [1.807, 2.05) is 0 Å². The van der Waals surface area contributed by atoms with Gasteiger partial charge in [-0.3, -0.25) is 9.69 Å². The van der Waals surface area contributed by atoms with E-state index in [1.165, 1.54) is 19.6 Å². The third-order valence-corrected chi connectivity index (χ3v) is 5.75. The van der Waals surface area contributed by atoms with Crippen molar-refractivity contribution in [2.45, 2.75) is 43.7 Å². The number of ether oxygens (including phenoxy) is 2. The molecule has 162 valence electrons. The summed E-state index contributed by atoms with van der Waals surface area (Å²) < 4.78 is 37.2. The predicted octanol–water partition coefficient (Wildman–Crippen LogP) is 2.20. The molecule has 6 nitrogen and oxygen atoms in total. The first-order chi connectivity index (χ1) is 13.9. The molecule has 0 bridgehead atoms. The lowest BCUT2D eigenvalue weighted by atomic mass is 9.93. The summed E-state index contributed by atoms with van der Waals surface area (Å²) in [6.07, 6.45) is 5.71. The van der Waals surface area contributed by atoms with Crippen molar-refractivity contribution in [3.05, 3.63) is 29.8 Å². The van der Waals surface area contributed by atoms with E-state index in [1.54, 1.807) is 4.90 Å². The molecule has 1 aromatic rings. The Balaban J connectivity index is 1.74. The topological polar surface area (TPSA) is 62.2 Å². The molecule has 1 amide bonds. The van der Waals surface area contributed by atoms with Gasteiger partial charge in [-0.2, -0.15) is 0 Å². The van der Waals surface area contributed by atoms with Crippen molar-refractivity contribution in [2.75, 3.05) is 46.5 Å². The lowest BCUT2D eigenvalue weighted by molar-refractivity contribution is -0.138. The maximum Gasteiger partial charge on any atom is 0.248 e. The number of benzene rings is 1. The van der Waals surface area contributed by atoms with Crippen molar-refractivity contribution in [1.29, 1.82) is 0 Å². The highest BCUT2D eigenvalue weighted by Gasteiger charge is 2.39. The third kappa shape index (κ3) is 5.87. The number of amides is 1. The van der Waals surface area contributed by atoms with E-state index in [4.69, 9.17) is 9.47 Å². The van der Waals surface area contributed by atoms with Gasteiger partial charge in [0.15, 0.2) is 11.6 Å². The smallest absolute Gasteiger partial charge is 0.248 e. The number of rotatable bonds is 6. The summed E-state index contributed by atoms with van der Waals surface area (Å²) in [6, 6.07) is 3.65. The normalized spacial score (nSPS) is 24.3. The van der Waals surface area contributed by atoms with Gasteiger partial charge in [-0.15, -0.1) is 0 Å². The number of carbonyl (C=O) groups excluding carboxylic acids is 1. The molecule has 1 aliphatic carbocycles. The fourth-order valence-corrected chi connectivity index (χ4v) is 4.25. The molecule has 1 aromatic carbocycles. The minimum atomic E-state index is -1.33. The van der Waals surface area contributed by atoms with Crippen LogP contribution in [0.2, 0.25) is 0 Å². The van der Waals surface area contributed by atoms with Crippen LogP contribution in [0, 0.1) is 11.6 Å². The van der Waals surface area contributed by atoms with Crippen LogP contribution in [0.15, 0.2) is 18.2 Å². The van der Waals surface area contributed by atoms with Crippen LogP contribution in [0.3, 0.4) is 0 Å². The Kier molecular flexibility index (Phi) is 7.43. The summed E-state index contributed by atoms with van der Waals surface area (Å²) >= 11 is 0. The van der Waals surface area contributed by atoms with Gasteiger partial charge in [-0.1, -0.05) is 19.3 Å². The first kappa shape index (κ1) is 21.9. The Morgan fingerprint density at radius 2 is 1.93 bits per heavy atom. The largest absolute Gasteiger partial charge is 0.490 e. The second kappa shape index (κ2) is 9.82. The van der Waals surface area contributed by atoms with Crippen LogP contribution in [0.5, 0.6) is 5.75 Å². The Morgan fingerprint density at radius 3 is 2.62 bits per heavy atom. The maximum absolute atomic E-state index is 13.5. The minimum absolute atomic E-state index is 0.0520. The average molecular weight is 412 g/mol. The summed E-state index contributed by atoms with van der Waals surface area (Å²) in [5.41, 5.74) is -1.33. The number of hydrogen-bond donors (Lipinski definition) is 1. The molecule has 0 spiro atoms. The summed E-state index contributed by atoms with van der Waals surface area (Å²) in [5, 5.41) is 11.4. The lowest BCUT2D eigenvalue weighted by Crippen LogP contribution is -2.54. The van der Waals surface area contributed by atoms with E-state index < -0.39 is 17.2 Å². The highest BCUT2D eigenvalue weighted by Crippen LogP contribution is 2.27. The predicted molar refractivity (Wildman–Crippen MR) is 104 cm³/mol. The molecule has 1 N–H and O–H groups in total. The Morgan fingerprint density at radius 1 is 1.17 bits per heavy atom. The van der Waals surface area contributed by atoms with Crippen molar-refractivity contribution >= 4 is 5.91 Å². The molecule has 2 aliphatic rings. The van der Waals surface area contributed by atoms with E-state index in [0.29, 0.717) is 25.7 Å². The average Bonchev–Trinajstić information content (AvgIpc) is 2.89. The minimum Gasteiger partial charge on any atom is -0.490 e. The number of β-amino-alcohol motifs (C(OH)–C–C–N with tert-alkyl or cyclic N) is 1. The molecule has 3 rings (SSSR count). The highest BCUT2D eigenvalue weighted by atomic mass is 19.2. The SMILES string of the molecule is COCC(=O)N1CCN(C2CCCCC2)C[C@](O)(COc2ccc(F)c(F)c2)C1. The quantitative estimate of drug-likeness (QED) is 0.776. The van der Waals surface area contributed by atoms with E-state index in [0.717, 1.165) is 37.8 Å². The Labute approximate surface area is 170 Å². The molecule has 8 heteroatoms. The lowest BCUT2D eigenvalue weighted by Gasteiger charge is -2.37. The molecule has 0 aromatic heterocycles. The molecule has 1 aliphatic heterocycles. The summed E-state index contributed by atoms with van der Waals surface area (Å²) in [7, 11) is 1.46. The first-order valence-corrected chi connectivity index (χ1v) is 10.2. The van der Waals surface area contributed by atoms with Crippen molar-refractivity contribution in [3.8, 4) is 5.75 Å². The van der Waals surface area contributed by atoms with Crippen LogP contribution in [0.1, 0.15) is 32.1 Å².